The molecule has 5 aliphatic carbocycles. The van der Waals surface area contributed by atoms with Gasteiger partial charge >= 0.3 is 5.97 Å². The highest BCUT2D eigenvalue weighted by molar-refractivity contribution is 6.05. The first-order valence-corrected chi connectivity index (χ1v) is 13.7. The van der Waals surface area contributed by atoms with Crippen LogP contribution in [0, 0.1) is 61.6 Å². The summed E-state index contributed by atoms with van der Waals surface area (Å²) in [7, 11) is 0. The van der Waals surface area contributed by atoms with Gasteiger partial charge in [0.2, 0.25) is 0 Å². The van der Waals surface area contributed by atoms with Crippen molar-refractivity contribution in [2.75, 3.05) is 0 Å². The Morgan fingerprint density at radius 1 is 1.00 bits per heavy atom. The van der Waals surface area contributed by atoms with Crippen molar-refractivity contribution >= 4 is 17.5 Å². The molecule has 194 valence electrons. The zero-order chi connectivity index (χ0) is 26.7. The molecule has 5 heteroatoms. The fraction of sp³-hybridized carbons (Fsp3) is 0.742. The fourth-order valence-corrected chi connectivity index (χ4v) is 9.98. The fourth-order valence-electron chi connectivity index (χ4n) is 9.98. The maximum Gasteiger partial charge on any atom is 0.309 e. The minimum Gasteiger partial charge on any atom is -0.481 e. The summed E-state index contributed by atoms with van der Waals surface area (Å²) in [5, 5.41) is 19.9. The molecular formula is C31H41NO4. The Balaban J connectivity index is 1.68. The van der Waals surface area contributed by atoms with Crippen LogP contribution in [0.5, 0.6) is 0 Å². The van der Waals surface area contributed by atoms with Crippen molar-refractivity contribution < 1.29 is 19.5 Å². The number of ketones is 2. The third-order valence-electron chi connectivity index (χ3n) is 12.6. The highest BCUT2D eigenvalue weighted by atomic mass is 16.4. The maximum absolute atomic E-state index is 14.3. The van der Waals surface area contributed by atoms with Crippen molar-refractivity contribution in [2.45, 2.75) is 93.4 Å². The van der Waals surface area contributed by atoms with Crippen LogP contribution in [0.25, 0.3) is 0 Å². The molecule has 0 aromatic rings. The van der Waals surface area contributed by atoms with Crippen LogP contribution in [-0.2, 0) is 14.4 Å². The summed E-state index contributed by atoms with van der Waals surface area (Å²) in [6.07, 6.45) is 9.57. The van der Waals surface area contributed by atoms with E-state index in [2.05, 4.69) is 33.8 Å². The number of nitriles is 1. The predicted molar refractivity (Wildman–Crippen MR) is 137 cm³/mol. The van der Waals surface area contributed by atoms with Crippen LogP contribution < -0.4 is 0 Å². The lowest BCUT2D eigenvalue weighted by atomic mass is 9.34. The van der Waals surface area contributed by atoms with E-state index in [1.54, 1.807) is 0 Å². The Hall–Kier alpha value is -2.22. The Bertz CT molecular complexity index is 1190. The zero-order valence-electron chi connectivity index (χ0n) is 23.0. The summed E-state index contributed by atoms with van der Waals surface area (Å²) in [6, 6.07) is 2.15. The quantitative estimate of drug-likeness (QED) is 0.465. The number of carboxylic acid groups (broad SMARTS) is 1. The lowest BCUT2D eigenvalue weighted by Crippen LogP contribution is -2.65. The number of carbonyl (C=O) groups is 3. The van der Waals surface area contributed by atoms with Gasteiger partial charge in [-0.15, -0.1) is 0 Å². The van der Waals surface area contributed by atoms with Gasteiger partial charge in [0, 0.05) is 16.7 Å². The number of fused-ring (bicyclic) bond motifs is 7. The minimum atomic E-state index is -0.772. The number of allylic oxidation sites excluding steroid dienone is 4. The average molecular weight is 492 g/mol. The van der Waals surface area contributed by atoms with Gasteiger partial charge in [-0.1, -0.05) is 53.2 Å². The molecule has 0 radical (unpaired) electrons. The van der Waals surface area contributed by atoms with Crippen LogP contribution in [0.1, 0.15) is 93.4 Å². The lowest BCUT2D eigenvalue weighted by Gasteiger charge is -2.69. The second-order valence-electron chi connectivity index (χ2n) is 14.6. The number of carboxylic acids is 1. The molecule has 1 N–H and O–H groups in total. The van der Waals surface area contributed by atoms with Gasteiger partial charge in [0.1, 0.15) is 6.07 Å². The summed E-state index contributed by atoms with van der Waals surface area (Å²) < 4.78 is 0. The van der Waals surface area contributed by atoms with Crippen molar-refractivity contribution in [3.63, 3.8) is 0 Å². The summed E-state index contributed by atoms with van der Waals surface area (Å²) in [4.78, 5) is 39.7. The molecule has 5 aliphatic rings. The monoisotopic (exact) mass is 491 g/mol. The van der Waals surface area contributed by atoms with Crippen molar-refractivity contribution in [3.8, 4) is 6.07 Å². The van der Waals surface area contributed by atoms with E-state index in [0.717, 1.165) is 32.1 Å². The van der Waals surface area contributed by atoms with Crippen LogP contribution >= 0.6 is 0 Å². The molecule has 5 rings (SSSR count). The van der Waals surface area contributed by atoms with E-state index in [0.29, 0.717) is 12.8 Å². The number of hydrogen-bond donors (Lipinski definition) is 1. The number of Topliss-reactive ketones (excluding diaryl/α,β-unsaturated/α-hetero) is 1. The second-order valence-corrected chi connectivity index (χ2v) is 14.6. The number of nitrogens with zero attached hydrogens (tertiary/aromatic N) is 1. The van der Waals surface area contributed by atoms with Gasteiger partial charge in [-0.3, -0.25) is 14.4 Å². The zero-order valence-corrected chi connectivity index (χ0v) is 23.0. The highest BCUT2D eigenvalue weighted by Gasteiger charge is 2.70. The summed E-state index contributed by atoms with van der Waals surface area (Å²) in [6.45, 7) is 14.8. The highest BCUT2D eigenvalue weighted by Crippen LogP contribution is 2.74. The topological polar surface area (TPSA) is 95.2 Å². The smallest absolute Gasteiger partial charge is 0.309 e. The molecule has 0 spiro atoms. The molecule has 0 bridgehead atoms. The van der Waals surface area contributed by atoms with Crippen LogP contribution in [0.2, 0.25) is 0 Å². The van der Waals surface area contributed by atoms with Gasteiger partial charge in [-0.05, 0) is 86.0 Å². The van der Waals surface area contributed by atoms with Crippen LogP contribution in [0.4, 0.5) is 0 Å². The van der Waals surface area contributed by atoms with Crippen LogP contribution in [0.3, 0.4) is 0 Å². The van der Waals surface area contributed by atoms with Crippen molar-refractivity contribution in [2.24, 2.45) is 50.2 Å². The van der Waals surface area contributed by atoms with E-state index in [1.165, 1.54) is 5.57 Å². The molecule has 5 nitrogen and oxygen atoms in total. The van der Waals surface area contributed by atoms with E-state index in [1.807, 2.05) is 32.9 Å². The van der Waals surface area contributed by atoms with E-state index in [9.17, 15) is 24.8 Å². The van der Waals surface area contributed by atoms with Gasteiger partial charge < -0.3 is 5.11 Å². The Labute approximate surface area is 215 Å². The largest absolute Gasteiger partial charge is 0.481 e. The molecule has 0 saturated heterocycles. The van der Waals surface area contributed by atoms with Gasteiger partial charge in [-0.25, -0.2) is 0 Å². The molecule has 36 heavy (non-hydrogen) atoms. The maximum atomic E-state index is 14.3. The first-order chi connectivity index (χ1) is 16.5. The van der Waals surface area contributed by atoms with Crippen molar-refractivity contribution in [1.29, 1.82) is 5.26 Å². The number of hydrogen-bond acceptors (Lipinski definition) is 4. The van der Waals surface area contributed by atoms with Gasteiger partial charge in [0.05, 0.1) is 11.0 Å². The van der Waals surface area contributed by atoms with E-state index < -0.39 is 22.2 Å². The van der Waals surface area contributed by atoms with Gasteiger partial charge in [0.25, 0.3) is 0 Å². The number of carbonyl (C=O) groups excluding carboxylic acids is 2. The summed E-state index contributed by atoms with van der Waals surface area (Å²) in [5.41, 5.74) is -1.23. The summed E-state index contributed by atoms with van der Waals surface area (Å²) in [5.74, 6) is -0.984. The normalized spacial score (nSPS) is 49.3. The molecule has 0 aromatic heterocycles. The lowest BCUT2D eigenvalue weighted by molar-refractivity contribution is -0.172. The molecule has 8 atom stereocenters. The summed E-state index contributed by atoms with van der Waals surface area (Å²) >= 11 is 0. The van der Waals surface area contributed by atoms with Crippen LogP contribution in [0.15, 0.2) is 23.3 Å². The van der Waals surface area contributed by atoms with Gasteiger partial charge in [-0.2, -0.15) is 5.26 Å². The molecule has 3 fully saturated rings. The van der Waals surface area contributed by atoms with Crippen molar-refractivity contribution in [1.82, 2.24) is 0 Å². The van der Waals surface area contributed by atoms with E-state index in [4.69, 9.17) is 0 Å². The Morgan fingerprint density at radius 2 is 1.64 bits per heavy atom. The second kappa shape index (κ2) is 7.21. The number of aliphatic carboxylic acids is 1. The third-order valence-corrected chi connectivity index (χ3v) is 12.6. The van der Waals surface area contributed by atoms with Crippen molar-refractivity contribution in [3.05, 3.63) is 23.3 Å². The Morgan fingerprint density at radius 3 is 2.25 bits per heavy atom. The Kier molecular flexibility index (Phi) is 5.09. The molecule has 0 aromatic carbocycles. The molecule has 0 aliphatic heterocycles. The van der Waals surface area contributed by atoms with E-state index in [-0.39, 0.29) is 51.1 Å². The molecule has 0 heterocycles. The van der Waals surface area contributed by atoms with Gasteiger partial charge in [0.15, 0.2) is 11.6 Å². The standard InChI is InChI=1S/C31H41NO4/c1-26(2)22-8-9-31(7)23(29(22,5)15-18(17-32)24(26)34)21(33)14-19-20-16-28(4,25(35)36)11-10-27(20,3)12-13-30(19,31)6/h14-15,20,22-23H,8-13,16H2,1-7H3,(H,35,36)/t20-,22+,23-,27-,28+,29+,30-,31-/m1/s1. The SMILES string of the molecule is CC1(C)C(=O)C(C#N)=C[C@]2(C)[C@H]3C(=O)C=C4[C@H]5C[C@@](C)(C(=O)O)CC[C@]5(C)CC[C@@]4(C)[C@]3(C)CC[C@@H]12. The first kappa shape index (κ1) is 25.4. The third kappa shape index (κ3) is 2.85. The minimum absolute atomic E-state index is 0.00554. The molecule has 0 unspecified atom stereocenters. The number of rotatable bonds is 1. The van der Waals surface area contributed by atoms with E-state index >= 15 is 0 Å². The molecule has 0 amide bonds. The predicted octanol–water partition coefficient (Wildman–Crippen LogP) is 6.29. The average Bonchev–Trinajstić information content (AvgIpc) is 2.78. The molecule has 3 saturated carbocycles. The first-order valence-electron chi connectivity index (χ1n) is 13.7. The molecular weight excluding hydrogens is 450 g/mol. The van der Waals surface area contributed by atoms with Crippen LogP contribution in [-0.4, -0.2) is 22.6 Å².